The first kappa shape index (κ1) is 20.8. The van der Waals surface area contributed by atoms with Gasteiger partial charge >= 0.3 is 12.1 Å². The van der Waals surface area contributed by atoms with Crippen LogP contribution in [0.2, 0.25) is 4.34 Å². The molecule has 0 bridgehead atoms. The van der Waals surface area contributed by atoms with E-state index < -0.39 is 29.4 Å². The number of hydrogen-bond donors (Lipinski definition) is 2. The normalized spacial score (nSPS) is 11.8. The summed E-state index contributed by atoms with van der Waals surface area (Å²) in [7, 11) is 1.45. The SMILES string of the molecule is Cn1cc(NC(=O)c2cc3nc(-c4ccc(Cl)s4)cc(C(F)(F)F)n3n2)c(C(=O)O)n1. The molecule has 0 saturated heterocycles. The van der Waals surface area contributed by atoms with Gasteiger partial charge in [0.2, 0.25) is 0 Å². The number of carboxylic acids is 1. The number of aromatic nitrogens is 5. The number of carbonyl (C=O) groups is 2. The van der Waals surface area contributed by atoms with Crippen molar-refractivity contribution in [2.75, 3.05) is 5.32 Å². The largest absolute Gasteiger partial charge is 0.476 e. The number of rotatable bonds is 4. The predicted molar refractivity (Wildman–Crippen MR) is 104 cm³/mol. The molecule has 14 heteroatoms. The van der Waals surface area contributed by atoms with Crippen molar-refractivity contribution >= 4 is 46.1 Å². The number of aryl methyl sites for hydroxylation is 1. The molecule has 4 heterocycles. The second-order valence-corrected chi connectivity index (χ2v) is 7.97. The van der Waals surface area contributed by atoms with Gasteiger partial charge in [-0.1, -0.05) is 11.6 Å². The van der Waals surface area contributed by atoms with Crippen LogP contribution < -0.4 is 5.32 Å². The maximum atomic E-state index is 13.6. The van der Waals surface area contributed by atoms with E-state index in [2.05, 4.69) is 20.5 Å². The summed E-state index contributed by atoms with van der Waals surface area (Å²) >= 11 is 6.92. The number of aromatic carboxylic acids is 1. The van der Waals surface area contributed by atoms with Crippen molar-refractivity contribution < 1.29 is 27.9 Å². The zero-order valence-corrected chi connectivity index (χ0v) is 16.9. The van der Waals surface area contributed by atoms with Crippen molar-refractivity contribution in [3.05, 3.63) is 51.9 Å². The topological polar surface area (TPSA) is 114 Å². The highest BCUT2D eigenvalue weighted by Gasteiger charge is 2.36. The fraction of sp³-hybridized carbons (Fsp3) is 0.118. The summed E-state index contributed by atoms with van der Waals surface area (Å²) in [6.45, 7) is 0. The lowest BCUT2D eigenvalue weighted by molar-refractivity contribution is -0.142. The Bertz CT molecular complexity index is 1340. The quantitative estimate of drug-likeness (QED) is 0.468. The fourth-order valence-electron chi connectivity index (χ4n) is 2.79. The van der Waals surface area contributed by atoms with Gasteiger partial charge in [-0.15, -0.1) is 11.3 Å². The van der Waals surface area contributed by atoms with E-state index in [9.17, 15) is 22.8 Å². The minimum absolute atomic E-state index is 0.0176. The number of halogens is 4. The highest BCUT2D eigenvalue weighted by atomic mass is 35.5. The number of nitrogens with one attached hydrogen (secondary N) is 1. The van der Waals surface area contributed by atoms with Gasteiger partial charge in [0.25, 0.3) is 5.91 Å². The Labute approximate surface area is 179 Å². The maximum Gasteiger partial charge on any atom is 0.433 e. The van der Waals surface area contributed by atoms with E-state index >= 15 is 0 Å². The number of hydrogen-bond acceptors (Lipinski definition) is 6. The van der Waals surface area contributed by atoms with Gasteiger partial charge in [-0.3, -0.25) is 9.48 Å². The predicted octanol–water partition coefficient (Wildman–Crippen LogP) is 3.81. The molecule has 1 amide bonds. The van der Waals surface area contributed by atoms with Gasteiger partial charge in [0, 0.05) is 19.3 Å². The van der Waals surface area contributed by atoms with Crippen LogP contribution in [0.15, 0.2) is 30.5 Å². The Hall–Kier alpha value is -3.45. The van der Waals surface area contributed by atoms with E-state index in [1.165, 1.54) is 30.1 Å². The van der Waals surface area contributed by atoms with Crippen LogP contribution >= 0.6 is 22.9 Å². The molecule has 0 saturated carbocycles. The minimum atomic E-state index is -4.78. The molecular weight excluding hydrogens is 461 g/mol. The zero-order chi connectivity index (χ0) is 22.5. The second-order valence-electron chi connectivity index (χ2n) is 6.25. The summed E-state index contributed by atoms with van der Waals surface area (Å²) in [5.74, 6) is -2.30. The molecule has 0 aromatic carbocycles. The fourth-order valence-corrected chi connectivity index (χ4v) is 3.79. The van der Waals surface area contributed by atoms with E-state index in [1.54, 1.807) is 0 Å². The molecule has 9 nitrogen and oxygen atoms in total. The van der Waals surface area contributed by atoms with Crippen LogP contribution in [0.25, 0.3) is 16.2 Å². The highest BCUT2D eigenvalue weighted by Crippen LogP contribution is 2.35. The van der Waals surface area contributed by atoms with Crippen LogP contribution in [0, 0.1) is 0 Å². The van der Waals surface area contributed by atoms with Crippen molar-refractivity contribution in [1.82, 2.24) is 24.4 Å². The summed E-state index contributed by atoms with van der Waals surface area (Å²) in [4.78, 5) is 28.3. The molecular formula is C17H10ClF3N6O3S. The van der Waals surface area contributed by atoms with Gasteiger partial charge in [-0.05, 0) is 18.2 Å². The summed E-state index contributed by atoms with van der Waals surface area (Å²) in [5.41, 5.74) is -2.28. The van der Waals surface area contributed by atoms with Crippen molar-refractivity contribution in [1.29, 1.82) is 0 Å². The van der Waals surface area contributed by atoms with E-state index in [4.69, 9.17) is 16.7 Å². The lowest BCUT2D eigenvalue weighted by atomic mass is 10.2. The molecule has 0 unspecified atom stereocenters. The number of fused-ring (bicyclic) bond motifs is 1. The van der Waals surface area contributed by atoms with Crippen LogP contribution in [-0.4, -0.2) is 41.4 Å². The number of nitrogens with zero attached hydrogens (tertiary/aromatic N) is 5. The molecule has 0 aliphatic rings. The van der Waals surface area contributed by atoms with Gasteiger partial charge in [0.05, 0.1) is 20.6 Å². The molecule has 160 valence electrons. The lowest BCUT2D eigenvalue weighted by Crippen LogP contribution is -2.16. The summed E-state index contributed by atoms with van der Waals surface area (Å²) in [6.07, 6.45) is -3.54. The van der Waals surface area contributed by atoms with Crippen LogP contribution in [0.1, 0.15) is 26.7 Å². The van der Waals surface area contributed by atoms with Gasteiger partial charge in [-0.2, -0.15) is 23.4 Å². The number of alkyl halides is 3. The smallest absolute Gasteiger partial charge is 0.433 e. The van der Waals surface area contributed by atoms with Gasteiger partial charge in [-0.25, -0.2) is 14.3 Å². The average molecular weight is 471 g/mol. The zero-order valence-electron chi connectivity index (χ0n) is 15.3. The van der Waals surface area contributed by atoms with Crippen LogP contribution in [-0.2, 0) is 13.2 Å². The number of amides is 1. The molecule has 0 aliphatic heterocycles. The van der Waals surface area contributed by atoms with Crippen LogP contribution in [0.5, 0.6) is 0 Å². The highest BCUT2D eigenvalue weighted by molar-refractivity contribution is 7.19. The minimum Gasteiger partial charge on any atom is -0.476 e. The third kappa shape index (κ3) is 3.96. The Balaban J connectivity index is 1.78. The third-order valence-corrected chi connectivity index (χ3v) is 5.31. The number of anilines is 1. The first-order valence-corrected chi connectivity index (χ1v) is 9.54. The van der Waals surface area contributed by atoms with E-state index in [0.29, 0.717) is 13.7 Å². The summed E-state index contributed by atoms with van der Waals surface area (Å²) < 4.78 is 43.0. The molecule has 31 heavy (non-hydrogen) atoms. The summed E-state index contributed by atoms with van der Waals surface area (Å²) in [5, 5.41) is 18.9. The van der Waals surface area contributed by atoms with Crippen molar-refractivity contribution in [3.8, 4) is 10.6 Å². The van der Waals surface area contributed by atoms with Gasteiger partial charge in [0.15, 0.2) is 22.7 Å². The molecule has 0 fully saturated rings. The van der Waals surface area contributed by atoms with E-state index in [0.717, 1.165) is 23.5 Å². The van der Waals surface area contributed by atoms with Crippen molar-refractivity contribution in [2.45, 2.75) is 6.18 Å². The molecule has 0 spiro atoms. The lowest BCUT2D eigenvalue weighted by Gasteiger charge is -2.10. The standard InChI is InChI=1S/C17H10ClF3N6O3S/c1-26-6-9(14(25-26)16(29)30)23-15(28)8-5-13-22-7(10-2-3-12(18)31-10)4-11(17(19,20)21)27(13)24-8/h2-6H,1H3,(H,23,28)(H,29,30). The number of carboxylic acid groups (broad SMARTS) is 1. The van der Waals surface area contributed by atoms with Crippen LogP contribution in [0.4, 0.5) is 18.9 Å². The molecule has 4 aromatic rings. The number of thiophene rings is 1. The molecule has 0 atom stereocenters. The molecule has 0 radical (unpaired) electrons. The third-order valence-electron chi connectivity index (χ3n) is 4.06. The first-order chi connectivity index (χ1) is 14.5. The Morgan fingerprint density at radius 3 is 2.58 bits per heavy atom. The van der Waals surface area contributed by atoms with Gasteiger partial charge < -0.3 is 10.4 Å². The van der Waals surface area contributed by atoms with Crippen molar-refractivity contribution in [3.63, 3.8) is 0 Å². The second kappa shape index (κ2) is 7.35. The Morgan fingerprint density at radius 1 is 1.23 bits per heavy atom. The molecule has 2 N–H and O–H groups in total. The summed E-state index contributed by atoms with van der Waals surface area (Å²) in [6, 6.07) is 4.95. The van der Waals surface area contributed by atoms with E-state index in [-0.39, 0.29) is 22.7 Å². The molecule has 0 aliphatic carbocycles. The number of carbonyl (C=O) groups excluding carboxylic acids is 1. The molecule has 4 rings (SSSR count). The average Bonchev–Trinajstić information content (AvgIpc) is 3.37. The molecule has 4 aromatic heterocycles. The van der Waals surface area contributed by atoms with Crippen LogP contribution in [0.3, 0.4) is 0 Å². The van der Waals surface area contributed by atoms with Gasteiger partial charge in [0.1, 0.15) is 0 Å². The maximum absolute atomic E-state index is 13.6. The Morgan fingerprint density at radius 2 is 1.97 bits per heavy atom. The van der Waals surface area contributed by atoms with E-state index in [1.807, 2.05) is 0 Å². The Kier molecular flexibility index (Phi) is 4.94. The first-order valence-electron chi connectivity index (χ1n) is 8.35. The monoisotopic (exact) mass is 470 g/mol. The van der Waals surface area contributed by atoms with Crippen molar-refractivity contribution in [2.24, 2.45) is 7.05 Å².